The lowest BCUT2D eigenvalue weighted by molar-refractivity contribution is 0.349. The number of hydrogen-bond acceptors (Lipinski definition) is 2. The zero-order valence-electron chi connectivity index (χ0n) is 10.4. The minimum atomic E-state index is -0.310. The lowest BCUT2D eigenvalue weighted by Gasteiger charge is -2.29. The summed E-state index contributed by atoms with van der Waals surface area (Å²) in [5.41, 5.74) is 1.78. The van der Waals surface area contributed by atoms with Crippen molar-refractivity contribution in [1.29, 1.82) is 0 Å². The molecular formula is C13H17BrFNO. The Labute approximate surface area is 110 Å². The number of methoxy groups -OCH3 is 1. The van der Waals surface area contributed by atoms with Crippen LogP contribution in [-0.2, 0) is 5.54 Å². The van der Waals surface area contributed by atoms with Gasteiger partial charge in [-0.1, -0.05) is 15.9 Å². The first-order chi connectivity index (χ1) is 7.99. The molecule has 1 aromatic rings. The summed E-state index contributed by atoms with van der Waals surface area (Å²) in [4.78, 5) is 0. The maximum Gasteiger partial charge on any atom is 0.166 e. The number of hydrogen-bond donors (Lipinski definition) is 1. The van der Waals surface area contributed by atoms with Crippen molar-refractivity contribution in [2.45, 2.75) is 32.2 Å². The first kappa shape index (κ1) is 12.8. The maximum atomic E-state index is 13.9. The van der Waals surface area contributed by atoms with Gasteiger partial charge in [0.25, 0.3) is 0 Å². The minimum absolute atomic E-state index is 0.194. The summed E-state index contributed by atoms with van der Waals surface area (Å²) < 4.78 is 20.0. The van der Waals surface area contributed by atoms with Gasteiger partial charge in [0.15, 0.2) is 11.6 Å². The van der Waals surface area contributed by atoms with Gasteiger partial charge in [-0.3, -0.25) is 0 Å². The molecule has 0 radical (unpaired) electrons. The van der Waals surface area contributed by atoms with Crippen molar-refractivity contribution in [3.8, 4) is 5.75 Å². The number of ether oxygens (including phenoxy) is 1. The van der Waals surface area contributed by atoms with Crippen molar-refractivity contribution in [1.82, 2.24) is 5.32 Å². The van der Waals surface area contributed by atoms with Crippen molar-refractivity contribution >= 4 is 15.9 Å². The SMILES string of the molecule is COc1c(F)cc(Br)c(C)c1C1(C)CCCN1. The van der Waals surface area contributed by atoms with Crippen LogP contribution in [0.15, 0.2) is 10.5 Å². The molecule has 0 saturated carbocycles. The van der Waals surface area contributed by atoms with Crippen molar-refractivity contribution in [3.63, 3.8) is 0 Å². The second kappa shape index (κ2) is 4.58. The number of nitrogens with one attached hydrogen (secondary N) is 1. The van der Waals surface area contributed by atoms with Crippen molar-refractivity contribution < 1.29 is 9.13 Å². The Kier molecular flexibility index (Phi) is 3.46. The van der Waals surface area contributed by atoms with Gasteiger partial charge in [0.05, 0.1) is 7.11 Å². The molecule has 0 amide bonds. The summed E-state index contributed by atoms with van der Waals surface area (Å²) in [5, 5.41) is 3.45. The van der Waals surface area contributed by atoms with E-state index in [4.69, 9.17) is 4.74 Å². The molecule has 1 aliphatic heterocycles. The molecule has 17 heavy (non-hydrogen) atoms. The molecule has 1 atom stereocenters. The largest absolute Gasteiger partial charge is 0.493 e. The first-order valence-electron chi connectivity index (χ1n) is 5.77. The lowest BCUT2D eigenvalue weighted by Crippen LogP contribution is -2.34. The molecule has 4 heteroatoms. The third-order valence-corrected chi connectivity index (χ3v) is 4.38. The Morgan fingerprint density at radius 1 is 1.53 bits per heavy atom. The summed E-state index contributed by atoms with van der Waals surface area (Å²) in [6.07, 6.45) is 2.10. The van der Waals surface area contributed by atoms with E-state index in [1.165, 1.54) is 13.2 Å². The van der Waals surface area contributed by atoms with E-state index >= 15 is 0 Å². The molecule has 94 valence electrons. The molecule has 2 rings (SSSR count). The first-order valence-corrected chi connectivity index (χ1v) is 6.57. The zero-order valence-corrected chi connectivity index (χ0v) is 11.9. The number of benzene rings is 1. The average molecular weight is 302 g/mol. The van der Waals surface area contributed by atoms with Crippen LogP contribution in [0.3, 0.4) is 0 Å². The molecule has 0 aliphatic carbocycles. The fraction of sp³-hybridized carbons (Fsp3) is 0.538. The predicted molar refractivity (Wildman–Crippen MR) is 70.0 cm³/mol. The standard InChI is InChI=1S/C13H17BrFNO/c1-8-9(14)7-10(15)12(17-3)11(8)13(2)5-4-6-16-13/h7,16H,4-6H2,1-3H3. The fourth-order valence-electron chi connectivity index (χ4n) is 2.67. The molecule has 1 aliphatic rings. The summed E-state index contributed by atoms with van der Waals surface area (Å²) in [6, 6.07) is 1.47. The molecule has 1 unspecified atom stereocenters. The summed E-state index contributed by atoms with van der Waals surface area (Å²) in [5.74, 6) is 0.0532. The van der Waals surface area contributed by atoms with E-state index in [1.54, 1.807) is 0 Å². The van der Waals surface area contributed by atoms with E-state index in [9.17, 15) is 4.39 Å². The highest BCUT2D eigenvalue weighted by Crippen LogP contribution is 2.42. The highest BCUT2D eigenvalue weighted by Gasteiger charge is 2.35. The third-order valence-electron chi connectivity index (χ3n) is 3.56. The molecule has 1 saturated heterocycles. The van der Waals surface area contributed by atoms with Crippen LogP contribution in [0.4, 0.5) is 4.39 Å². The van der Waals surface area contributed by atoms with Crippen molar-refractivity contribution in [3.05, 3.63) is 27.5 Å². The molecule has 1 heterocycles. The quantitative estimate of drug-likeness (QED) is 0.903. The van der Waals surface area contributed by atoms with E-state index in [0.29, 0.717) is 5.75 Å². The monoisotopic (exact) mass is 301 g/mol. The van der Waals surface area contributed by atoms with Gasteiger partial charge in [0, 0.05) is 15.6 Å². The maximum absolute atomic E-state index is 13.9. The Balaban J connectivity index is 2.65. The predicted octanol–water partition coefficient (Wildman–Crippen LogP) is 3.50. The molecule has 1 N–H and O–H groups in total. The fourth-order valence-corrected chi connectivity index (χ4v) is 3.07. The molecule has 1 fully saturated rings. The van der Waals surface area contributed by atoms with Crippen LogP contribution in [0.25, 0.3) is 0 Å². The minimum Gasteiger partial charge on any atom is -0.493 e. The van der Waals surface area contributed by atoms with Gasteiger partial charge >= 0.3 is 0 Å². The van der Waals surface area contributed by atoms with Crippen LogP contribution in [-0.4, -0.2) is 13.7 Å². The normalized spacial score (nSPS) is 24.1. The lowest BCUT2D eigenvalue weighted by atomic mass is 9.86. The van der Waals surface area contributed by atoms with Gasteiger partial charge in [-0.25, -0.2) is 4.39 Å². The van der Waals surface area contributed by atoms with E-state index in [0.717, 1.165) is 35.0 Å². The van der Waals surface area contributed by atoms with Crippen LogP contribution in [0.1, 0.15) is 30.9 Å². The van der Waals surface area contributed by atoms with Crippen LogP contribution < -0.4 is 10.1 Å². The van der Waals surface area contributed by atoms with Gasteiger partial charge in [-0.2, -0.15) is 0 Å². The summed E-state index contributed by atoms with van der Waals surface area (Å²) >= 11 is 3.41. The third kappa shape index (κ3) is 2.08. The van der Waals surface area contributed by atoms with Crippen LogP contribution in [0.5, 0.6) is 5.75 Å². The highest BCUT2D eigenvalue weighted by molar-refractivity contribution is 9.10. The molecule has 0 spiro atoms. The van der Waals surface area contributed by atoms with Gasteiger partial charge in [0.1, 0.15) is 0 Å². The van der Waals surface area contributed by atoms with Crippen molar-refractivity contribution in [2.24, 2.45) is 0 Å². The van der Waals surface area contributed by atoms with E-state index in [2.05, 4.69) is 28.2 Å². The van der Waals surface area contributed by atoms with Gasteiger partial charge in [-0.15, -0.1) is 0 Å². The van der Waals surface area contributed by atoms with E-state index < -0.39 is 0 Å². The van der Waals surface area contributed by atoms with Gasteiger partial charge < -0.3 is 10.1 Å². The molecule has 2 nitrogen and oxygen atoms in total. The molecule has 0 aromatic heterocycles. The number of halogens is 2. The molecule has 1 aromatic carbocycles. The molecular weight excluding hydrogens is 285 g/mol. The van der Waals surface area contributed by atoms with E-state index in [-0.39, 0.29) is 11.4 Å². The Bertz CT molecular complexity index is 442. The van der Waals surface area contributed by atoms with Gasteiger partial charge in [-0.05, 0) is 44.9 Å². The van der Waals surface area contributed by atoms with Gasteiger partial charge in [0.2, 0.25) is 0 Å². The number of rotatable bonds is 2. The summed E-state index contributed by atoms with van der Waals surface area (Å²) in [6.45, 7) is 5.07. The highest BCUT2D eigenvalue weighted by atomic mass is 79.9. The Morgan fingerprint density at radius 3 is 2.76 bits per heavy atom. The molecule has 0 bridgehead atoms. The Morgan fingerprint density at radius 2 is 2.24 bits per heavy atom. The zero-order chi connectivity index (χ0) is 12.6. The smallest absolute Gasteiger partial charge is 0.166 e. The van der Waals surface area contributed by atoms with Crippen molar-refractivity contribution in [2.75, 3.05) is 13.7 Å². The van der Waals surface area contributed by atoms with Crippen LogP contribution in [0.2, 0.25) is 0 Å². The Hall–Kier alpha value is -0.610. The van der Waals surface area contributed by atoms with E-state index in [1.807, 2.05) is 6.92 Å². The summed E-state index contributed by atoms with van der Waals surface area (Å²) in [7, 11) is 1.52. The second-order valence-corrected chi connectivity index (χ2v) is 5.59. The second-order valence-electron chi connectivity index (χ2n) is 4.74. The topological polar surface area (TPSA) is 21.3 Å². The average Bonchev–Trinajstić information content (AvgIpc) is 2.71. The van der Waals surface area contributed by atoms with Crippen LogP contribution >= 0.6 is 15.9 Å². The van der Waals surface area contributed by atoms with Crippen LogP contribution in [0, 0.1) is 12.7 Å².